The second kappa shape index (κ2) is 9.99. The topological polar surface area (TPSA) is 134 Å². The van der Waals surface area contributed by atoms with Gasteiger partial charge in [-0.3, -0.25) is 19.3 Å². The van der Waals surface area contributed by atoms with Gasteiger partial charge in [-0.15, -0.1) is 0 Å². The van der Waals surface area contributed by atoms with E-state index in [1.54, 1.807) is 37.3 Å². The Kier molecular flexibility index (Phi) is 7.15. The van der Waals surface area contributed by atoms with Crippen molar-refractivity contribution in [2.75, 3.05) is 49.9 Å². The van der Waals surface area contributed by atoms with Gasteiger partial charge in [-0.2, -0.15) is 0 Å². The maximum Gasteiger partial charge on any atom is 0.248 e. The van der Waals surface area contributed by atoms with Gasteiger partial charge in [0, 0.05) is 56.5 Å². The summed E-state index contributed by atoms with van der Waals surface area (Å²) < 4.78 is 4.93. The molecule has 1 aliphatic heterocycles. The minimum atomic E-state index is -0.502. The van der Waals surface area contributed by atoms with E-state index in [2.05, 4.69) is 25.6 Å². The molecule has 10 nitrogen and oxygen atoms in total. The predicted octanol–water partition coefficient (Wildman–Crippen LogP) is 0.667. The maximum absolute atomic E-state index is 12.2. The van der Waals surface area contributed by atoms with E-state index >= 15 is 0 Å². The van der Waals surface area contributed by atoms with Crippen molar-refractivity contribution in [2.45, 2.75) is 13.3 Å². The van der Waals surface area contributed by atoms with Gasteiger partial charge >= 0.3 is 0 Å². The van der Waals surface area contributed by atoms with Gasteiger partial charge in [-0.25, -0.2) is 0 Å². The predicted molar refractivity (Wildman–Crippen MR) is 111 cm³/mol. The number of aromatic nitrogens is 1. The molecule has 1 aliphatic rings. The minimum Gasteiger partial charge on any atom is -0.366 e. The molecule has 1 fully saturated rings. The van der Waals surface area contributed by atoms with Crippen LogP contribution in [0.2, 0.25) is 0 Å². The van der Waals surface area contributed by atoms with Crippen molar-refractivity contribution in [1.29, 1.82) is 0 Å². The molecule has 4 N–H and O–H groups in total. The van der Waals surface area contributed by atoms with E-state index in [0.717, 1.165) is 26.2 Å². The van der Waals surface area contributed by atoms with E-state index in [4.69, 9.17) is 10.3 Å². The fourth-order valence-corrected chi connectivity index (χ4v) is 3.18. The molecular formula is C20H26N6O4. The van der Waals surface area contributed by atoms with E-state index in [-0.39, 0.29) is 11.8 Å². The Labute approximate surface area is 174 Å². The highest BCUT2D eigenvalue weighted by molar-refractivity contribution is 5.94. The van der Waals surface area contributed by atoms with E-state index in [1.807, 2.05) is 0 Å². The number of carbonyl (C=O) groups excluding carboxylic acids is 3. The Balaban J connectivity index is 1.33. The molecule has 0 unspecified atom stereocenters. The summed E-state index contributed by atoms with van der Waals surface area (Å²) in [6.07, 6.45) is 0.365. The number of hydrogen-bond donors (Lipinski definition) is 3. The number of nitrogens with two attached hydrogens (primary N) is 1. The highest BCUT2D eigenvalue weighted by atomic mass is 16.5. The summed E-state index contributed by atoms with van der Waals surface area (Å²) >= 11 is 0. The van der Waals surface area contributed by atoms with Crippen LogP contribution in [0.25, 0.3) is 0 Å². The summed E-state index contributed by atoms with van der Waals surface area (Å²) in [7, 11) is 0. The van der Waals surface area contributed by atoms with Gasteiger partial charge in [-0.1, -0.05) is 5.16 Å². The van der Waals surface area contributed by atoms with Gasteiger partial charge < -0.3 is 25.8 Å². The number of hydrogen-bond acceptors (Lipinski definition) is 7. The van der Waals surface area contributed by atoms with E-state index in [1.165, 1.54) is 0 Å². The average Bonchev–Trinajstić information content (AvgIpc) is 3.12. The smallest absolute Gasteiger partial charge is 0.248 e. The fourth-order valence-electron chi connectivity index (χ4n) is 3.18. The van der Waals surface area contributed by atoms with Crippen LogP contribution >= 0.6 is 0 Å². The Morgan fingerprint density at radius 2 is 1.70 bits per heavy atom. The third kappa shape index (κ3) is 6.39. The Morgan fingerprint density at radius 3 is 2.30 bits per heavy atom. The van der Waals surface area contributed by atoms with Crippen LogP contribution in [0.4, 0.5) is 11.5 Å². The van der Waals surface area contributed by atoms with Crippen molar-refractivity contribution in [3.8, 4) is 0 Å². The molecule has 0 saturated carbocycles. The number of rotatable bonds is 8. The zero-order valence-electron chi connectivity index (χ0n) is 16.9. The molecule has 0 spiro atoms. The van der Waals surface area contributed by atoms with Crippen LogP contribution in [-0.4, -0.2) is 71.9 Å². The van der Waals surface area contributed by atoms with Crippen LogP contribution in [-0.2, 0) is 9.59 Å². The van der Waals surface area contributed by atoms with Crippen LogP contribution in [0, 0.1) is 6.92 Å². The zero-order valence-corrected chi connectivity index (χ0v) is 16.9. The molecule has 1 aromatic carbocycles. The van der Waals surface area contributed by atoms with Gasteiger partial charge in [0.05, 0.1) is 6.54 Å². The lowest BCUT2D eigenvalue weighted by atomic mass is 10.2. The molecule has 2 aromatic rings. The number of amides is 3. The number of nitrogens with one attached hydrogen (secondary N) is 2. The van der Waals surface area contributed by atoms with E-state index < -0.39 is 5.91 Å². The first kappa shape index (κ1) is 21.5. The van der Waals surface area contributed by atoms with E-state index in [9.17, 15) is 14.4 Å². The van der Waals surface area contributed by atoms with Crippen molar-refractivity contribution in [3.63, 3.8) is 0 Å². The van der Waals surface area contributed by atoms with Crippen LogP contribution in [0.5, 0.6) is 0 Å². The summed E-state index contributed by atoms with van der Waals surface area (Å²) in [5.41, 5.74) is 6.23. The van der Waals surface area contributed by atoms with Crippen LogP contribution in [0.3, 0.4) is 0 Å². The molecule has 160 valence electrons. The maximum atomic E-state index is 12.2. The summed E-state index contributed by atoms with van der Waals surface area (Å²) in [6, 6.07) is 8.14. The first-order chi connectivity index (χ1) is 14.4. The molecule has 0 aliphatic carbocycles. The van der Waals surface area contributed by atoms with Crippen molar-refractivity contribution < 1.29 is 18.9 Å². The highest BCUT2D eigenvalue weighted by Gasteiger charge is 2.20. The number of primary amides is 1. The third-order valence-corrected chi connectivity index (χ3v) is 4.84. The standard InChI is InChI=1S/C20H26N6O4/c1-14-12-17(24-30-14)23-19(28)13-26-10-8-25(9-11-26)7-6-18(27)22-16-4-2-15(3-5-16)20(21)29/h2-5,12H,6-11,13H2,1H3,(H2,21,29)(H,22,27)(H,23,24,28). The number of anilines is 2. The zero-order chi connectivity index (χ0) is 21.5. The molecule has 1 saturated heterocycles. The largest absolute Gasteiger partial charge is 0.366 e. The Bertz CT molecular complexity index is 887. The molecule has 3 amide bonds. The summed E-state index contributed by atoms with van der Waals surface area (Å²) in [5, 5.41) is 9.28. The van der Waals surface area contributed by atoms with Crippen molar-refractivity contribution in [3.05, 3.63) is 41.7 Å². The molecule has 3 rings (SSSR count). The second-order valence-corrected chi connectivity index (χ2v) is 7.23. The molecule has 0 bridgehead atoms. The number of nitrogens with zero attached hydrogens (tertiary/aromatic N) is 3. The molecule has 10 heteroatoms. The Hall–Kier alpha value is -3.24. The normalized spacial score (nSPS) is 15.0. The van der Waals surface area contributed by atoms with Crippen LogP contribution in [0.1, 0.15) is 22.5 Å². The lowest BCUT2D eigenvalue weighted by molar-refractivity contribution is -0.117. The minimum absolute atomic E-state index is 0.0912. The monoisotopic (exact) mass is 414 g/mol. The van der Waals surface area contributed by atoms with Crippen molar-refractivity contribution in [1.82, 2.24) is 15.0 Å². The first-order valence-corrected chi connectivity index (χ1v) is 9.76. The lowest BCUT2D eigenvalue weighted by Crippen LogP contribution is -2.49. The molecule has 1 aromatic heterocycles. The second-order valence-electron chi connectivity index (χ2n) is 7.23. The van der Waals surface area contributed by atoms with E-state index in [0.29, 0.717) is 42.3 Å². The number of carbonyl (C=O) groups is 3. The lowest BCUT2D eigenvalue weighted by Gasteiger charge is -2.34. The number of piperazine rings is 1. The quantitative estimate of drug-likeness (QED) is 0.578. The molecule has 0 radical (unpaired) electrons. The van der Waals surface area contributed by atoms with Gasteiger partial charge in [-0.05, 0) is 31.2 Å². The number of aryl methyl sites for hydroxylation is 1. The number of benzene rings is 1. The van der Waals surface area contributed by atoms with Gasteiger partial charge in [0.15, 0.2) is 5.82 Å². The molecule has 30 heavy (non-hydrogen) atoms. The van der Waals surface area contributed by atoms with Crippen molar-refractivity contribution in [2.24, 2.45) is 5.73 Å². The first-order valence-electron chi connectivity index (χ1n) is 9.76. The summed E-state index contributed by atoms with van der Waals surface area (Å²) in [5.74, 6) is 0.347. The van der Waals surface area contributed by atoms with Crippen LogP contribution in [0.15, 0.2) is 34.9 Å². The average molecular weight is 414 g/mol. The molecule has 0 atom stereocenters. The molecular weight excluding hydrogens is 388 g/mol. The van der Waals surface area contributed by atoms with Crippen LogP contribution < -0.4 is 16.4 Å². The SMILES string of the molecule is Cc1cc(NC(=O)CN2CCN(CCC(=O)Nc3ccc(C(N)=O)cc3)CC2)no1. The highest BCUT2D eigenvalue weighted by Crippen LogP contribution is 2.11. The van der Waals surface area contributed by atoms with Gasteiger partial charge in [0.2, 0.25) is 17.7 Å². The summed E-state index contributed by atoms with van der Waals surface area (Å²) in [6.45, 7) is 5.78. The Morgan fingerprint density at radius 1 is 1.03 bits per heavy atom. The molecule has 2 heterocycles. The van der Waals surface area contributed by atoms with Gasteiger partial charge in [0.25, 0.3) is 0 Å². The van der Waals surface area contributed by atoms with Crippen molar-refractivity contribution >= 4 is 29.2 Å². The van der Waals surface area contributed by atoms with Gasteiger partial charge in [0.1, 0.15) is 5.76 Å². The fraction of sp³-hybridized carbons (Fsp3) is 0.400. The third-order valence-electron chi connectivity index (χ3n) is 4.84. The summed E-state index contributed by atoms with van der Waals surface area (Å²) in [4.78, 5) is 39.6.